The van der Waals surface area contributed by atoms with Crippen LogP contribution in [-0.2, 0) is 13.1 Å². The fraction of sp³-hybridized carbons (Fsp3) is 0.200. The zero-order chi connectivity index (χ0) is 14.9. The molecule has 0 fully saturated rings. The van der Waals surface area contributed by atoms with Gasteiger partial charge in [0.25, 0.3) is 0 Å². The Kier molecular flexibility index (Phi) is 3.28. The van der Waals surface area contributed by atoms with Gasteiger partial charge in [-0.1, -0.05) is 6.07 Å². The van der Waals surface area contributed by atoms with Crippen LogP contribution in [0.4, 0.5) is 0 Å². The van der Waals surface area contributed by atoms with Gasteiger partial charge in [0.1, 0.15) is 11.0 Å². The highest BCUT2D eigenvalue weighted by Gasteiger charge is 2.09. The van der Waals surface area contributed by atoms with E-state index < -0.39 is 0 Å². The lowest BCUT2D eigenvalue weighted by molar-refractivity contribution is 0.320. The average Bonchev–Trinajstić information content (AvgIpc) is 3.14. The minimum atomic E-state index is 0.799. The summed E-state index contributed by atoms with van der Waals surface area (Å²) in [5.41, 5.74) is 5.19. The summed E-state index contributed by atoms with van der Waals surface area (Å²) in [5.74, 6) is 0. The van der Waals surface area contributed by atoms with E-state index in [0.29, 0.717) is 0 Å². The molecular formula is C15H14N6S. The van der Waals surface area contributed by atoms with Crippen molar-refractivity contribution in [3.63, 3.8) is 0 Å². The fourth-order valence-corrected chi connectivity index (χ4v) is 3.09. The van der Waals surface area contributed by atoms with Gasteiger partial charge in [-0.2, -0.15) is 13.8 Å². The molecule has 22 heavy (non-hydrogen) atoms. The molecule has 0 aliphatic heterocycles. The predicted molar refractivity (Wildman–Crippen MR) is 85.6 cm³/mol. The molecule has 0 N–H and O–H groups in total. The topological polar surface area (TPSA) is 59.2 Å². The monoisotopic (exact) mass is 310 g/mol. The van der Waals surface area contributed by atoms with Crippen LogP contribution in [0.1, 0.15) is 11.1 Å². The van der Waals surface area contributed by atoms with Gasteiger partial charge in [0.05, 0.1) is 17.9 Å². The first-order valence-electron chi connectivity index (χ1n) is 6.96. The van der Waals surface area contributed by atoms with Crippen LogP contribution in [0.25, 0.3) is 16.7 Å². The summed E-state index contributed by atoms with van der Waals surface area (Å²) in [5, 5.41) is 4.32. The second-order valence-corrected chi connectivity index (χ2v) is 5.85. The Morgan fingerprint density at radius 1 is 1.18 bits per heavy atom. The van der Waals surface area contributed by atoms with Gasteiger partial charge >= 0.3 is 0 Å². The molecule has 0 radical (unpaired) electrons. The maximum absolute atomic E-state index is 4.39. The van der Waals surface area contributed by atoms with Crippen molar-refractivity contribution in [3.05, 3.63) is 54.0 Å². The smallest absolute Gasteiger partial charge is 0.159 e. The molecule has 0 atom stereocenters. The van der Waals surface area contributed by atoms with Crippen LogP contribution >= 0.6 is 11.7 Å². The molecule has 3 aromatic heterocycles. The van der Waals surface area contributed by atoms with Crippen LogP contribution in [0.5, 0.6) is 0 Å². The number of fused-ring (bicyclic) bond motifs is 2. The van der Waals surface area contributed by atoms with Gasteiger partial charge in [-0.3, -0.25) is 4.90 Å². The third-order valence-electron chi connectivity index (χ3n) is 3.56. The molecule has 4 rings (SSSR count). The quantitative estimate of drug-likeness (QED) is 0.579. The predicted octanol–water partition coefficient (Wildman–Crippen LogP) is 2.37. The summed E-state index contributed by atoms with van der Waals surface area (Å²) >= 11 is 1.25. The zero-order valence-corrected chi connectivity index (χ0v) is 12.9. The minimum Gasteiger partial charge on any atom is -0.298 e. The van der Waals surface area contributed by atoms with Crippen LogP contribution < -0.4 is 0 Å². The first-order chi connectivity index (χ1) is 10.8. The Morgan fingerprint density at radius 2 is 2.09 bits per heavy atom. The van der Waals surface area contributed by atoms with Crippen molar-refractivity contribution in [2.45, 2.75) is 13.1 Å². The molecule has 0 bridgehead atoms. The van der Waals surface area contributed by atoms with E-state index in [1.54, 1.807) is 10.7 Å². The van der Waals surface area contributed by atoms with Crippen LogP contribution in [0, 0.1) is 0 Å². The van der Waals surface area contributed by atoms with Crippen molar-refractivity contribution in [2.75, 3.05) is 7.05 Å². The van der Waals surface area contributed by atoms with Crippen molar-refractivity contribution in [1.82, 2.24) is 28.2 Å². The Bertz CT molecular complexity index is 928. The summed E-state index contributed by atoms with van der Waals surface area (Å²) in [7, 11) is 2.09. The van der Waals surface area contributed by atoms with Crippen LogP contribution in [-0.4, -0.2) is 35.3 Å². The summed E-state index contributed by atoms with van der Waals surface area (Å²) in [6.45, 7) is 1.64. The van der Waals surface area contributed by atoms with Crippen molar-refractivity contribution in [3.8, 4) is 0 Å². The second-order valence-electron chi connectivity index (χ2n) is 5.32. The van der Waals surface area contributed by atoms with E-state index in [2.05, 4.69) is 42.9 Å². The summed E-state index contributed by atoms with van der Waals surface area (Å²) in [6.07, 6.45) is 5.59. The molecule has 7 heteroatoms. The molecule has 6 nitrogen and oxygen atoms in total. The van der Waals surface area contributed by atoms with Gasteiger partial charge in [0, 0.05) is 31.0 Å². The van der Waals surface area contributed by atoms with Gasteiger partial charge in [-0.25, -0.2) is 9.50 Å². The summed E-state index contributed by atoms with van der Waals surface area (Å²) in [6, 6.07) is 8.11. The van der Waals surface area contributed by atoms with Crippen molar-refractivity contribution in [1.29, 1.82) is 0 Å². The lowest BCUT2D eigenvalue weighted by Gasteiger charge is -2.15. The Hall–Kier alpha value is -2.38. The lowest BCUT2D eigenvalue weighted by Crippen LogP contribution is -2.17. The lowest BCUT2D eigenvalue weighted by atomic mass is 10.2. The SMILES string of the molecule is CN(Cc1ccc2nsnc2c1)Cc1cnn2cccnc12. The van der Waals surface area contributed by atoms with Crippen molar-refractivity contribution in [2.24, 2.45) is 0 Å². The molecule has 0 saturated heterocycles. The number of benzene rings is 1. The molecule has 0 spiro atoms. The normalized spacial score (nSPS) is 11.7. The molecule has 0 aliphatic carbocycles. The Morgan fingerprint density at radius 3 is 3.05 bits per heavy atom. The molecule has 0 amide bonds. The van der Waals surface area contributed by atoms with E-state index >= 15 is 0 Å². The highest BCUT2D eigenvalue weighted by molar-refractivity contribution is 7.00. The van der Waals surface area contributed by atoms with E-state index in [4.69, 9.17) is 0 Å². The standard InChI is InChI=1S/C15H14N6S/c1-20(9-11-3-4-13-14(7-11)19-22-18-13)10-12-8-17-21-6-2-5-16-15(12)21/h2-8H,9-10H2,1H3. The molecule has 0 saturated carbocycles. The third-order valence-corrected chi connectivity index (χ3v) is 4.12. The summed E-state index contributed by atoms with van der Waals surface area (Å²) in [4.78, 5) is 6.63. The van der Waals surface area contributed by atoms with E-state index in [1.165, 1.54) is 17.3 Å². The fourth-order valence-electron chi connectivity index (χ4n) is 2.57. The number of rotatable bonds is 4. The Balaban J connectivity index is 1.53. The largest absolute Gasteiger partial charge is 0.298 e. The Labute approximate surface area is 131 Å². The second kappa shape index (κ2) is 5.43. The van der Waals surface area contributed by atoms with Crippen molar-refractivity contribution >= 4 is 28.4 Å². The minimum absolute atomic E-state index is 0.799. The molecule has 3 heterocycles. The highest BCUT2D eigenvalue weighted by atomic mass is 32.1. The van der Waals surface area contributed by atoms with Gasteiger partial charge in [-0.15, -0.1) is 0 Å². The molecule has 0 aliphatic rings. The number of aromatic nitrogens is 5. The maximum atomic E-state index is 4.39. The molecule has 110 valence electrons. The van der Waals surface area contributed by atoms with Crippen LogP contribution in [0.15, 0.2) is 42.9 Å². The van der Waals surface area contributed by atoms with E-state index in [1.807, 2.05) is 24.5 Å². The first kappa shape index (κ1) is 13.3. The van der Waals surface area contributed by atoms with Gasteiger partial charge in [0.15, 0.2) is 5.65 Å². The van der Waals surface area contributed by atoms with Gasteiger partial charge < -0.3 is 0 Å². The third kappa shape index (κ3) is 2.44. The molecular weight excluding hydrogens is 296 g/mol. The zero-order valence-electron chi connectivity index (χ0n) is 12.0. The number of hydrogen-bond donors (Lipinski definition) is 0. The van der Waals surface area contributed by atoms with Crippen molar-refractivity contribution < 1.29 is 0 Å². The van der Waals surface area contributed by atoms with E-state index in [-0.39, 0.29) is 0 Å². The summed E-state index contributed by atoms with van der Waals surface area (Å²) < 4.78 is 10.3. The maximum Gasteiger partial charge on any atom is 0.159 e. The molecule has 4 aromatic rings. The molecule has 0 unspecified atom stereocenters. The van der Waals surface area contributed by atoms with Gasteiger partial charge in [0.2, 0.25) is 0 Å². The van der Waals surface area contributed by atoms with Crippen LogP contribution in [0.3, 0.4) is 0 Å². The first-order valence-corrected chi connectivity index (χ1v) is 7.69. The van der Waals surface area contributed by atoms with E-state index in [0.717, 1.165) is 35.3 Å². The van der Waals surface area contributed by atoms with Crippen LogP contribution in [0.2, 0.25) is 0 Å². The van der Waals surface area contributed by atoms with E-state index in [9.17, 15) is 0 Å². The molecule has 1 aromatic carbocycles. The average molecular weight is 310 g/mol. The van der Waals surface area contributed by atoms with Gasteiger partial charge in [-0.05, 0) is 30.8 Å². The highest BCUT2D eigenvalue weighted by Crippen LogP contribution is 2.16. The number of nitrogens with zero attached hydrogens (tertiary/aromatic N) is 6. The number of hydrogen-bond acceptors (Lipinski definition) is 6.